The topological polar surface area (TPSA) is 77.9 Å². The predicted octanol–water partition coefficient (Wildman–Crippen LogP) is 0.535. The van der Waals surface area contributed by atoms with E-state index in [0.717, 1.165) is 12.8 Å². The van der Waals surface area contributed by atoms with E-state index >= 15 is 0 Å². The first-order chi connectivity index (χ1) is 9.96. The number of sulfonamides is 1. The summed E-state index contributed by atoms with van der Waals surface area (Å²) in [4.78, 5) is 13.6. The van der Waals surface area contributed by atoms with Crippen LogP contribution in [0.1, 0.15) is 23.2 Å². The van der Waals surface area contributed by atoms with E-state index in [4.69, 9.17) is 5.11 Å². The molecule has 7 heteroatoms. The molecule has 21 heavy (non-hydrogen) atoms. The maximum absolute atomic E-state index is 12.3. The number of nitrogens with zero attached hydrogens (tertiary/aromatic N) is 2. The summed E-state index contributed by atoms with van der Waals surface area (Å²) in [5.41, 5.74) is 0.409. The number of amides is 1. The first-order valence-corrected chi connectivity index (χ1v) is 8.37. The third kappa shape index (κ3) is 3.42. The summed E-state index contributed by atoms with van der Waals surface area (Å²) in [5.74, 6) is -0.242. The smallest absolute Gasteiger partial charge is 0.253 e. The van der Waals surface area contributed by atoms with Crippen molar-refractivity contribution in [1.82, 2.24) is 9.21 Å². The van der Waals surface area contributed by atoms with E-state index in [1.807, 2.05) is 0 Å². The minimum Gasteiger partial charge on any atom is -0.395 e. The highest BCUT2D eigenvalue weighted by molar-refractivity contribution is 7.89. The van der Waals surface area contributed by atoms with Crippen molar-refractivity contribution in [2.24, 2.45) is 0 Å². The highest BCUT2D eigenvalue weighted by atomic mass is 32.2. The largest absolute Gasteiger partial charge is 0.395 e. The molecular formula is C14H20N2O4S. The number of hydrogen-bond acceptors (Lipinski definition) is 4. The minimum absolute atomic E-state index is 0.107. The third-order valence-electron chi connectivity index (χ3n) is 3.59. The molecule has 1 aromatic carbocycles. The van der Waals surface area contributed by atoms with Crippen LogP contribution in [-0.2, 0) is 10.0 Å². The Labute approximate surface area is 125 Å². The number of carbonyl (C=O) groups is 1. The molecule has 1 aliphatic rings. The molecule has 0 radical (unpaired) electrons. The summed E-state index contributed by atoms with van der Waals surface area (Å²) >= 11 is 0. The zero-order chi connectivity index (χ0) is 15.5. The second-order valence-corrected chi connectivity index (χ2v) is 7.02. The van der Waals surface area contributed by atoms with Crippen LogP contribution in [0, 0.1) is 0 Å². The van der Waals surface area contributed by atoms with Gasteiger partial charge in [0.15, 0.2) is 0 Å². The first-order valence-electron chi connectivity index (χ1n) is 6.93. The van der Waals surface area contributed by atoms with E-state index < -0.39 is 10.0 Å². The van der Waals surface area contributed by atoms with Gasteiger partial charge in [-0.15, -0.1) is 0 Å². The highest BCUT2D eigenvalue weighted by Crippen LogP contribution is 2.21. The molecule has 0 bridgehead atoms. The SMILES string of the molecule is CN(CCO)C(=O)c1ccc(S(=O)(=O)N2CCCC2)cc1. The van der Waals surface area contributed by atoms with Crippen LogP contribution in [0.25, 0.3) is 0 Å². The van der Waals surface area contributed by atoms with Crippen LogP contribution in [-0.4, -0.2) is 61.9 Å². The molecule has 0 aromatic heterocycles. The molecular weight excluding hydrogens is 292 g/mol. The molecule has 0 saturated carbocycles. The Morgan fingerprint density at radius 3 is 2.33 bits per heavy atom. The zero-order valence-corrected chi connectivity index (χ0v) is 12.8. The van der Waals surface area contributed by atoms with Crippen LogP contribution in [0.5, 0.6) is 0 Å². The number of carbonyl (C=O) groups excluding carboxylic acids is 1. The number of benzene rings is 1. The summed E-state index contributed by atoms with van der Waals surface area (Å²) in [5, 5.41) is 8.83. The average molecular weight is 312 g/mol. The molecule has 0 unspecified atom stereocenters. The van der Waals surface area contributed by atoms with Gasteiger partial charge in [-0.1, -0.05) is 0 Å². The molecule has 1 N–H and O–H groups in total. The van der Waals surface area contributed by atoms with Crippen molar-refractivity contribution < 1.29 is 18.3 Å². The van der Waals surface area contributed by atoms with Gasteiger partial charge in [0.1, 0.15) is 0 Å². The Hall–Kier alpha value is -1.44. The lowest BCUT2D eigenvalue weighted by Gasteiger charge is -2.17. The lowest BCUT2D eigenvalue weighted by Crippen LogP contribution is -2.30. The van der Waals surface area contributed by atoms with Gasteiger partial charge < -0.3 is 10.0 Å². The Morgan fingerprint density at radius 1 is 1.24 bits per heavy atom. The molecule has 2 rings (SSSR count). The van der Waals surface area contributed by atoms with Gasteiger partial charge >= 0.3 is 0 Å². The summed E-state index contributed by atoms with van der Waals surface area (Å²) in [6.07, 6.45) is 1.78. The quantitative estimate of drug-likeness (QED) is 0.860. The van der Waals surface area contributed by atoms with E-state index in [-0.39, 0.29) is 24.0 Å². The molecule has 116 valence electrons. The van der Waals surface area contributed by atoms with Gasteiger partial charge in [0.2, 0.25) is 10.0 Å². The minimum atomic E-state index is -3.44. The molecule has 1 saturated heterocycles. The van der Waals surface area contributed by atoms with Crippen molar-refractivity contribution in [3.8, 4) is 0 Å². The Bertz CT molecular complexity index is 592. The zero-order valence-electron chi connectivity index (χ0n) is 12.0. The standard InChI is InChI=1S/C14H20N2O4S/c1-15(10-11-17)14(18)12-4-6-13(7-5-12)21(19,20)16-8-2-3-9-16/h4-7,17H,2-3,8-11H2,1H3. The number of likely N-dealkylation sites (N-methyl/N-ethyl adjacent to an activating group) is 1. The molecule has 1 amide bonds. The van der Waals surface area contributed by atoms with E-state index in [2.05, 4.69) is 0 Å². The van der Waals surface area contributed by atoms with Crippen LogP contribution in [0.2, 0.25) is 0 Å². The third-order valence-corrected chi connectivity index (χ3v) is 5.50. The summed E-state index contributed by atoms with van der Waals surface area (Å²) in [6.45, 7) is 1.25. The molecule has 1 heterocycles. The van der Waals surface area contributed by atoms with Crippen LogP contribution in [0.3, 0.4) is 0 Å². The summed E-state index contributed by atoms with van der Waals surface area (Å²) in [7, 11) is -1.85. The summed E-state index contributed by atoms with van der Waals surface area (Å²) in [6, 6.07) is 5.96. The molecule has 0 spiro atoms. The van der Waals surface area contributed by atoms with Crippen molar-refractivity contribution in [1.29, 1.82) is 0 Å². The fourth-order valence-electron chi connectivity index (χ4n) is 2.32. The fourth-order valence-corrected chi connectivity index (χ4v) is 3.84. The molecule has 1 fully saturated rings. The predicted molar refractivity (Wildman–Crippen MR) is 78.5 cm³/mol. The molecule has 0 aliphatic carbocycles. The van der Waals surface area contributed by atoms with E-state index in [1.165, 1.54) is 33.5 Å². The van der Waals surface area contributed by atoms with Crippen LogP contribution < -0.4 is 0 Å². The van der Waals surface area contributed by atoms with Gasteiger partial charge in [-0.05, 0) is 37.1 Å². The number of aliphatic hydroxyl groups excluding tert-OH is 1. The van der Waals surface area contributed by atoms with E-state index in [9.17, 15) is 13.2 Å². The number of hydrogen-bond donors (Lipinski definition) is 1. The van der Waals surface area contributed by atoms with Crippen molar-refractivity contribution >= 4 is 15.9 Å². The van der Waals surface area contributed by atoms with Gasteiger partial charge in [0.25, 0.3) is 5.91 Å². The molecule has 1 aliphatic heterocycles. The van der Waals surface area contributed by atoms with Gasteiger partial charge in [0, 0.05) is 32.2 Å². The molecule has 0 atom stereocenters. The highest BCUT2D eigenvalue weighted by Gasteiger charge is 2.27. The number of aliphatic hydroxyl groups is 1. The van der Waals surface area contributed by atoms with Crippen LogP contribution in [0.4, 0.5) is 0 Å². The van der Waals surface area contributed by atoms with Crippen LogP contribution in [0.15, 0.2) is 29.2 Å². The monoisotopic (exact) mass is 312 g/mol. The van der Waals surface area contributed by atoms with E-state index in [0.29, 0.717) is 18.7 Å². The van der Waals surface area contributed by atoms with Crippen molar-refractivity contribution in [3.05, 3.63) is 29.8 Å². The second-order valence-electron chi connectivity index (χ2n) is 5.09. The van der Waals surface area contributed by atoms with E-state index in [1.54, 1.807) is 7.05 Å². The van der Waals surface area contributed by atoms with Crippen molar-refractivity contribution in [3.63, 3.8) is 0 Å². The Morgan fingerprint density at radius 2 is 1.81 bits per heavy atom. The lowest BCUT2D eigenvalue weighted by molar-refractivity contribution is 0.0767. The fraction of sp³-hybridized carbons (Fsp3) is 0.500. The number of rotatable bonds is 5. The summed E-state index contributed by atoms with van der Waals surface area (Å²) < 4.78 is 26.2. The first kappa shape index (κ1) is 15.9. The molecule has 1 aromatic rings. The Kier molecular flexibility index (Phi) is 4.97. The Balaban J connectivity index is 2.17. The van der Waals surface area contributed by atoms with Crippen molar-refractivity contribution in [2.45, 2.75) is 17.7 Å². The van der Waals surface area contributed by atoms with Gasteiger partial charge in [-0.3, -0.25) is 4.79 Å². The average Bonchev–Trinajstić information content (AvgIpc) is 3.02. The maximum atomic E-state index is 12.3. The second kappa shape index (κ2) is 6.55. The van der Waals surface area contributed by atoms with Gasteiger partial charge in [0.05, 0.1) is 11.5 Å². The van der Waals surface area contributed by atoms with Crippen LogP contribution >= 0.6 is 0 Å². The van der Waals surface area contributed by atoms with Gasteiger partial charge in [-0.2, -0.15) is 4.31 Å². The van der Waals surface area contributed by atoms with Crippen molar-refractivity contribution in [2.75, 3.05) is 33.3 Å². The molecule has 6 nitrogen and oxygen atoms in total. The normalized spacial score (nSPS) is 16.1. The van der Waals surface area contributed by atoms with Gasteiger partial charge in [-0.25, -0.2) is 8.42 Å². The maximum Gasteiger partial charge on any atom is 0.253 e. The lowest BCUT2D eigenvalue weighted by atomic mass is 10.2.